The number of fused-ring (bicyclic) bond motifs is 1. The molecule has 0 aliphatic carbocycles. The molecule has 4 aromatic rings. The van der Waals surface area contributed by atoms with Gasteiger partial charge in [0.05, 0.1) is 24.3 Å². The highest BCUT2D eigenvalue weighted by molar-refractivity contribution is 5.86. The van der Waals surface area contributed by atoms with E-state index in [4.69, 9.17) is 10.5 Å². The first-order chi connectivity index (χ1) is 17.4. The average Bonchev–Trinajstić information content (AvgIpc) is 3.29. The fourth-order valence-electron chi connectivity index (χ4n) is 4.38. The number of hydrogen-bond donors (Lipinski definition) is 3. The lowest BCUT2D eigenvalue weighted by atomic mass is 9.93. The van der Waals surface area contributed by atoms with Gasteiger partial charge in [0.25, 0.3) is 0 Å². The first-order valence-electron chi connectivity index (χ1n) is 12.3. The molecule has 36 heavy (non-hydrogen) atoms. The topological polar surface area (TPSA) is 97.7 Å². The van der Waals surface area contributed by atoms with E-state index in [2.05, 4.69) is 66.2 Å². The van der Waals surface area contributed by atoms with Gasteiger partial charge in [-0.3, -0.25) is 4.79 Å². The molecule has 1 atom stereocenters. The summed E-state index contributed by atoms with van der Waals surface area (Å²) in [5.41, 5.74) is 10.3. The molecule has 1 aromatic heterocycles. The lowest BCUT2D eigenvalue weighted by Gasteiger charge is -2.23. The van der Waals surface area contributed by atoms with Crippen molar-refractivity contribution in [3.05, 3.63) is 102 Å². The Kier molecular flexibility index (Phi) is 8.21. The number of esters is 1. The first-order valence-corrected chi connectivity index (χ1v) is 12.3. The van der Waals surface area contributed by atoms with E-state index < -0.39 is 24.7 Å². The van der Waals surface area contributed by atoms with Crippen molar-refractivity contribution in [2.45, 2.75) is 37.6 Å². The Bertz CT molecular complexity index is 1280. The fourth-order valence-corrected chi connectivity index (χ4v) is 4.38. The molecule has 0 fully saturated rings. The molecule has 6 nitrogen and oxygen atoms in total. The number of rotatable bonds is 11. The number of nitrogens with two attached hydrogens (primary N) is 1. The molecule has 188 valence electrons. The van der Waals surface area contributed by atoms with E-state index in [0.29, 0.717) is 12.3 Å². The molecule has 0 aliphatic heterocycles. The van der Waals surface area contributed by atoms with E-state index >= 15 is 0 Å². The zero-order chi connectivity index (χ0) is 25.5. The zero-order valence-electron chi connectivity index (χ0n) is 20.6. The van der Waals surface area contributed by atoms with Crippen LogP contribution in [0.4, 0.5) is 0 Å². The van der Waals surface area contributed by atoms with Gasteiger partial charge in [-0.2, -0.15) is 0 Å². The van der Waals surface area contributed by atoms with Crippen LogP contribution in [0.2, 0.25) is 0 Å². The molecule has 4 rings (SSSR count). The molecule has 0 amide bonds. The van der Waals surface area contributed by atoms with E-state index in [1.54, 1.807) is 0 Å². The van der Waals surface area contributed by atoms with Gasteiger partial charge in [-0.25, -0.2) is 0 Å². The number of aromatic nitrogens is 1. The number of aliphatic hydroxyl groups excluding tert-OH is 2. The van der Waals surface area contributed by atoms with Crippen LogP contribution in [0, 0.1) is 0 Å². The number of benzene rings is 3. The number of hydrogen-bond acceptors (Lipinski definition) is 5. The summed E-state index contributed by atoms with van der Waals surface area (Å²) >= 11 is 0. The minimum atomic E-state index is -1.32. The lowest BCUT2D eigenvalue weighted by Crippen LogP contribution is -2.51. The summed E-state index contributed by atoms with van der Waals surface area (Å²) in [7, 11) is 0. The van der Waals surface area contributed by atoms with Crippen LogP contribution in [0.5, 0.6) is 0 Å². The van der Waals surface area contributed by atoms with Crippen molar-refractivity contribution in [3.63, 3.8) is 0 Å². The second-order valence-electron chi connectivity index (χ2n) is 9.57. The predicted octanol–water partition coefficient (Wildman–Crippen LogP) is 4.13. The van der Waals surface area contributed by atoms with Crippen LogP contribution < -0.4 is 5.73 Å². The Balaban J connectivity index is 1.57. The molecule has 0 radical (unpaired) electrons. The van der Waals surface area contributed by atoms with Crippen molar-refractivity contribution in [3.8, 4) is 5.69 Å². The molecule has 1 unspecified atom stereocenters. The number of para-hydroxylation sites is 1. The second kappa shape index (κ2) is 11.5. The number of carbonyl (C=O) groups is 1. The largest absolute Gasteiger partial charge is 0.464 e. The van der Waals surface area contributed by atoms with E-state index in [0.717, 1.165) is 23.2 Å². The van der Waals surface area contributed by atoms with E-state index in [1.165, 1.54) is 16.5 Å². The van der Waals surface area contributed by atoms with Gasteiger partial charge in [0, 0.05) is 23.7 Å². The number of aliphatic hydroxyl groups is 2. The molecule has 4 N–H and O–H groups in total. The highest BCUT2D eigenvalue weighted by Crippen LogP contribution is 2.30. The Labute approximate surface area is 211 Å². The number of nitrogens with zero attached hydrogens (tertiary/aromatic N) is 1. The summed E-state index contributed by atoms with van der Waals surface area (Å²) in [6, 6.07) is 27.2. The Morgan fingerprint density at radius 1 is 1.00 bits per heavy atom. The van der Waals surface area contributed by atoms with Crippen molar-refractivity contribution in [2.75, 3.05) is 19.8 Å². The first kappa shape index (κ1) is 25.6. The van der Waals surface area contributed by atoms with Gasteiger partial charge >= 0.3 is 5.97 Å². The maximum Gasteiger partial charge on any atom is 0.306 e. The van der Waals surface area contributed by atoms with Gasteiger partial charge in [-0.15, -0.1) is 0 Å². The van der Waals surface area contributed by atoms with Crippen LogP contribution in [-0.2, 0) is 22.4 Å². The van der Waals surface area contributed by atoms with Crippen molar-refractivity contribution in [1.82, 2.24) is 4.57 Å². The number of carbonyl (C=O) groups excluding carboxylic acids is 1. The smallest absolute Gasteiger partial charge is 0.306 e. The minimum Gasteiger partial charge on any atom is -0.464 e. The molecule has 1 heterocycles. The van der Waals surface area contributed by atoms with Gasteiger partial charge < -0.3 is 25.3 Å². The molecular formula is C30H34N2O4. The van der Waals surface area contributed by atoms with E-state index in [9.17, 15) is 15.0 Å². The fraction of sp³-hybridized carbons (Fsp3) is 0.300. The summed E-state index contributed by atoms with van der Waals surface area (Å²) in [5, 5.41) is 19.7. The quantitative estimate of drug-likeness (QED) is 0.277. The third kappa shape index (κ3) is 6.02. The van der Waals surface area contributed by atoms with Gasteiger partial charge in [0.2, 0.25) is 0 Å². The van der Waals surface area contributed by atoms with Crippen LogP contribution >= 0.6 is 0 Å². The number of ether oxygens (including phenoxy) is 1. The summed E-state index contributed by atoms with van der Waals surface area (Å²) < 4.78 is 7.42. The third-order valence-electron chi connectivity index (χ3n) is 6.65. The molecule has 0 aliphatic rings. The lowest BCUT2D eigenvalue weighted by molar-refractivity contribution is -0.146. The van der Waals surface area contributed by atoms with Crippen molar-refractivity contribution in [1.29, 1.82) is 0 Å². The van der Waals surface area contributed by atoms with Crippen LogP contribution in [0.1, 0.15) is 36.0 Å². The standard InChI is InChI=1S/C30H34N2O4/c1-22(24-8-4-2-5-9-24)16-25-18-32(26-10-6-3-7-11-26)28-14-12-23(17-27(25)28)13-15-29(35)36-21-30(31,19-33)20-34/h2-12,14,17-18,22,33-34H,13,15-16,19-21,31H2,1H3. The van der Waals surface area contributed by atoms with Gasteiger partial charge in [0.15, 0.2) is 0 Å². The van der Waals surface area contributed by atoms with Gasteiger partial charge in [0.1, 0.15) is 6.61 Å². The monoisotopic (exact) mass is 486 g/mol. The predicted molar refractivity (Wildman–Crippen MR) is 142 cm³/mol. The molecule has 0 spiro atoms. The number of aryl methyl sites for hydroxylation is 1. The zero-order valence-corrected chi connectivity index (χ0v) is 20.6. The van der Waals surface area contributed by atoms with Crippen molar-refractivity contribution in [2.24, 2.45) is 5.73 Å². The summed E-state index contributed by atoms with van der Waals surface area (Å²) in [6.07, 6.45) is 3.83. The van der Waals surface area contributed by atoms with Crippen molar-refractivity contribution >= 4 is 16.9 Å². The van der Waals surface area contributed by atoms with Crippen LogP contribution in [0.25, 0.3) is 16.6 Å². The molecule has 0 bridgehead atoms. The average molecular weight is 487 g/mol. The van der Waals surface area contributed by atoms with Crippen molar-refractivity contribution < 1.29 is 19.7 Å². The molecule has 0 saturated heterocycles. The molecule has 3 aromatic carbocycles. The maximum absolute atomic E-state index is 12.3. The summed E-state index contributed by atoms with van der Waals surface area (Å²) in [4.78, 5) is 12.3. The van der Waals surface area contributed by atoms with Gasteiger partial charge in [-0.1, -0.05) is 61.5 Å². The highest BCUT2D eigenvalue weighted by atomic mass is 16.5. The van der Waals surface area contributed by atoms with Crippen LogP contribution in [-0.4, -0.2) is 46.1 Å². The van der Waals surface area contributed by atoms with E-state index in [1.807, 2.05) is 30.3 Å². The Hall–Kier alpha value is -3.45. The Morgan fingerprint density at radius 2 is 1.67 bits per heavy atom. The molecular weight excluding hydrogens is 452 g/mol. The summed E-state index contributed by atoms with van der Waals surface area (Å²) in [5.74, 6) is -0.0548. The van der Waals surface area contributed by atoms with Crippen LogP contribution in [0.15, 0.2) is 85.1 Å². The third-order valence-corrected chi connectivity index (χ3v) is 6.65. The van der Waals surface area contributed by atoms with E-state index in [-0.39, 0.29) is 13.0 Å². The van der Waals surface area contributed by atoms with Gasteiger partial charge in [-0.05, 0) is 59.7 Å². The second-order valence-corrected chi connectivity index (χ2v) is 9.57. The summed E-state index contributed by atoms with van der Waals surface area (Å²) in [6.45, 7) is 1.10. The molecule has 6 heteroatoms. The van der Waals surface area contributed by atoms with Crippen LogP contribution in [0.3, 0.4) is 0 Å². The minimum absolute atomic E-state index is 0.188. The maximum atomic E-state index is 12.3. The SMILES string of the molecule is CC(Cc1cn(-c2ccccc2)c2ccc(CCC(=O)OCC(N)(CO)CO)cc12)c1ccccc1. The Morgan fingerprint density at radius 3 is 2.33 bits per heavy atom. The normalized spacial score (nSPS) is 12.6. The molecule has 0 saturated carbocycles. The highest BCUT2D eigenvalue weighted by Gasteiger charge is 2.25.